The van der Waals surface area contributed by atoms with Crippen LogP contribution < -0.4 is 15.2 Å². The fraction of sp³-hybridized carbons (Fsp3) is 0.400. The second-order valence-corrected chi connectivity index (χ2v) is 6.04. The van der Waals surface area contributed by atoms with Gasteiger partial charge in [0.1, 0.15) is 17.3 Å². The lowest BCUT2D eigenvalue weighted by Crippen LogP contribution is -2.02. The number of rotatable bonds is 4. The molecule has 5 nitrogen and oxygen atoms in total. The molecule has 1 heterocycles. The van der Waals surface area contributed by atoms with E-state index >= 15 is 0 Å². The summed E-state index contributed by atoms with van der Waals surface area (Å²) in [7, 11) is 3.23. The lowest BCUT2D eigenvalue weighted by Gasteiger charge is -2.11. The summed E-state index contributed by atoms with van der Waals surface area (Å²) in [6.45, 7) is 1.99. The summed E-state index contributed by atoms with van der Waals surface area (Å²) in [5.41, 5.74) is 8.01. The van der Waals surface area contributed by atoms with E-state index in [1.54, 1.807) is 14.2 Å². The molecule has 0 bridgehead atoms. The quantitative estimate of drug-likeness (QED) is 0.914. The first kappa shape index (κ1) is 14.3. The smallest absolute Gasteiger partial charge is 0.161 e. The summed E-state index contributed by atoms with van der Waals surface area (Å²) in [6, 6.07) is 4.28. The number of benzene rings is 1. The van der Waals surface area contributed by atoms with Crippen molar-refractivity contribution in [1.82, 2.24) is 9.55 Å². The Labute approximate surface area is 132 Å². The molecule has 1 aromatic heterocycles. The van der Waals surface area contributed by atoms with E-state index in [1.807, 2.05) is 19.1 Å². The molecule has 0 spiro atoms. The van der Waals surface area contributed by atoms with Gasteiger partial charge in [0.15, 0.2) is 11.5 Å². The standard InChI is InChI=1S/C15H18BrN3O2/c1-8-18-14(15(17)19(8)9-4-5-9)10-6-12(20-2)13(21-3)7-11(10)16/h6-7,9H,4-5,17H2,1-3H3. The van der Waals surface area contributed by atoms with E-state index in [0.29, 0.717) is 23.4 Å². The number of hydrogen-bond donors (Lipinski definition) is 1. The number of imidazole rings is 1. The second-order valence-electron chi connectivity index (χ2n) is 5.18. The zero-order valence-corrected chi connectivity index (χ0v) is 13.9. The number of aromatic nitrogens is 2. The van der Waals surface area contributed by atoms with Crippen LogP contribution in [0.3, 0.4) is 0 Å². The van der Waals surface area contributed by atoms with Crippen LogP contribution in [0.4, 0.5) is 5.82 Å². The molecule has 0 atom stereocenters. The van der Waals surface area contributed by atoms with Crippen molar-refractivity contribution in [2.75, 3.05) is 20.0 Å². The SMILES string of the molecule is COc1cc(Br)c(-c2nc(C)n(C3CC3)c2N)cc1OC. The van der Waals surface area contributed by atoms with Crippen molar-refractivity contribution >= 4 is 21.7 Å². The average molecular weight is 352 g/mol. The number of aryl methyl sites for hydroxylation is 1. The van der Waals surface area contributed by atoms with E-state index in [9.17, 15) is 0 Å². The van der Waals surface area contributed by atoms with Gasteiger partial charge in [-0.3, -0.25) is 0 Å². The predicted molar refractivity (Wildman–Crippen MR) is 85.9 cm³/mol. The Kier molecular flexibility index (Phi) is 3.57. The van der Waals surface area contributed by atoms with Gasteiger partial charge in [0.25, 0.3) is 0 Å². The van der Waals surface area contributed by atoms with E-state index in [0.717, 1.165) is 21.6 Å². The van der Waals surface area contributed by atoms with Crippen molar-refractivity contribution in [1.29, 1.82) is 0 Å². The first-order valence-electron chi connectivity index (χ1n) is 6.83. The molecule has 112 valence electrons. The predicted octanol–water partition coefficient (Wildman–Crippen LogP) is 3.56. The van der Waals surface area contributed by atoms with Crippen molar-refractivity contribution < 1.29 is 9.47 Å². The Morgan fingerprint density at radius 2 is 1.86 bits per heavy atom. The van der Waals surface area contributed by atoms with Gasteiger partial charge >= 0.3 is 0 Å². The zero-order valence-electron chi connectivity index (χ0n) is 12.3. The second kappa shape index (κ2) is 5.26. The van der Waals surface area contributed by atoms with Gasteiger partial charge < -0.3 is 19.8 Å². The maximum absolute atomic E-state index is 6.32. The minimum atomic E-state index is 0.505. The molecule has 1 aliphatic carbocycles. The molecule has 2 N–H and O–H groups in total. The van der Waals surface area contributed by atoms with Gasteiger partial charge in [0.2, 0.25) is 0 Å². The number of nitrogens with two attached hydrogens (primary N) is 1. The first-order chi connectivity index (χ1) is 10.1. The first-order valence-corrected chi connectivity index (χ1v) is 7.62. The highest BCUT2D eigenvalue weighted by atomic mass is 79.9. The molecule has 2 aromatic rings. The minimum absolute atomic E-state index is 0.505. The van der Waals surface area contributed by atoms with Crippen molar-refractivity contribution in [3.8, 4) is 22.8 Å². The third kappa shape index (κ3) is 2.37. The van der Waals surface area contributed by atoms with Crippen LogP contribution in [0.2, 0.25) is 0 Å². The van der Waals surface area contributed by atoms with Gasteiger partial charge in [-0.2, -0.15) is 0 Å². The summed E-state index contributed by atoms with van der Waals surface area (Å²) in [5, 5.41) is 0. The highest BCUT2D eigenvalue weighted by Gasteiger charge is 2.29. The highest BCUT2D eigenvalue weighted by molar-refractivity contribution is 9.10. The third-order valence-electron chi connectivity index (χ3n) is 3.76. The monoisotopic (exact) mass is 351 g/mol. The molecule has 1 fully saturated rings. The van der Waals surface area contributed by atoms with E-state index in [1.165, 1.54) is 12.8 Å². The van der Waals surface area contributed by atoms with E-state index in [2.05, 4.69) is 25.5 Å². The molecule has 0 aliphatic heterocycles. The maximum atomic E-state index is 6.32. The molecule has 21 heavy (non-hydrogen) atoms. The van der Waals surface area contributed by atoms with Crippen LogP contribution in [-0.4, -0.2) is 23.8 Å². The lowest BCUT2D eigenvalue weighted by molar-refractivity contribution is 0.355. The molecular weight excluding hydrogens is 334 g/mol. The Balaban J connectivity index is 2.14. The average Bonchev–Trinajstić information content (AvgIpc) is 3.25. The zero-order chi connectivity index (χ0) is 15.1. The molecule has 0 radical (unpaired) electrons. The van der Waals surface area contributed by atoms with Crippen molar-refractivity contribution in [2.24, 2.45) is 0 Å². The van der Waals surface area contributed by atoms with Gasteiger partial charge in [0.05, 0.1) is 14.2 Å². The highest BCUT2D eigenvalue weighted by Crippen LogP contribution is 2.44. The Bertz CT molecular complexity index is 693. The van der Waals surface area contributed by atoms with Gasteiger partial charge in [-0.15, -0.1) is 0 Å². The molecule has 3 rings (SSSR count). The number of halogens is 1. The van der Waals surface area contributed by atoms with Crippen LogP contribution in [0.1, 0.15) is 24.7 Å². The summed E-state index contributed by atoms with van der Waals surface area (Å²) in [5.74, 6) is 2.99. The molecule has 0 unspecified atom stereocenters. The molecule has 0 amide bonds. The fourth-order valence-electron chi connectivity index (χ4n) is 2.59. The molecular formula is C15H18BrN3O2. The van der Waals surface area contributed by atoms with E-state index in [-0.39, 0.29) is 0 Å². The van der Waals surface area contributed by atoms with E-state index in [4.69, 9.17) is 15.2 Å². The summed E-state index contributed by atoms with van der Waals surface area (Å²) in [6.07, 6.45) is 2.35. The molecule has 0 saturated heterocycles. The number of nitrogens with zero attached hydrogens (tertiary/aromatic N) is 2. The Morgan fingerprint density at radius 1 is 1.24 bits per heavy atom. The van der Waals surface area contributed by atoms with Gasteiger partial charge in [-0.05, 0) is 47.8 Å². The maximum Gasteiger partial charge on any atom is 0.161 e. The summed E-state index contributed by atoms with van der Waals surface area (Å²) < 4.78 is 13.7. The molecule has 1 aromatic carbocycles. The summed E-state index contributed by atoms with van der Waals surface area (Å²) in [4.78, 5) is 4.64. The van der Waals surface area contributed by atoms with Crippen LogP contribution >= 0.6 is 15.9 Å². The fourth-order valence-corrected chi connectivity index (χ4v) is 3.10. The summed E-state index contributed by atoms with van der Waals surface area (Å²) >= 11 is 3.57. The van der Waals surface area contributed by atoms with Crippen LogP contribution in [-0.2, 0) is 0 Å². The number of nitrogen functional groups attached to an aromatic ring is 1. The van der Waals surface area contributed by atoms with Crippen molar-refractivity contribution in [3.63, 3.8) is 0 Å². The normalized spacial score (nSPS) is 14.3. The minimum Gasteiger partial charge on any atom is -0.493 e. The van der Waals surface area contributed by atoms with E-state index < -0.39 is 0 Å². The van der Waals surface area contributed by atoms with Crippen molar-refractivity contribution in [3.05, 3.63) is 22.4 Å². The molecule has 1 aliphatic rings. The topological polar surface area (TPSA) is 62.3 Å². The van der Waals surface area contributed by atoms with Crippen LogP contribution in [0.5, 0.6) is 11.5 Å². The Hall–Kier alpha value is -1.69. The molecule has 1 saturated carbocycles. The Morgan fingerprint density at radius 3 is 2.43 bits per heavy atom. The van der Waals surface area contributed by atoms with Crippen LogP contribution in [0.25, 0.3) is 11.3 Å². The molecule has 6 heteroatoms. The largest absolute Gasteiger partial charge is 0.493 e. The van der Waals surface area contributed by atoms with Crippen molar-refractivity contribution in [2.45, 2.75) is 25.8 Å². The van der Waals surface area contributed by atoms with Gasteiger partial charge in [-0.1, -0.05) is 0 Å². The van der Waals surface area contributed by atoms with Gasteiger partial charge in [0, 0.05) is 16.1 Å². The van der Waals surface area contributed by atoms with Gasteiger partial charge in [-0.25, -0.2) is 4.98 Å². The number of anilines is 1. The van der Waals surface area contributed by atoms with Crippen LogP contribution in [0, 0.1) is 6.92 Å². The number of ether oxygens (including phenoxy) is 2. The lowest BCUT2D eigenvalue weighted by atomic mass is 10.1. The van der Waals surface area contributed by atoms with Crippen LogP contribution in [0.15, 0.2) is 16.6 Å². The number of methoxy groups -OCH3 is 2. The number of hydrogen-bond acceptors (Lipinski definition) is 4. The third-order valence-corrected chi connectivity index (χ3v) is 4.42.